The molecule has 0 fully saturated rings. The van der Waals surface area contributed by atoms with E-state index in [1.807, 2.05) is 26.2 Å². The van der Waals surface area contributed by atoms with E-state index in [1.165, 1.54) is 6.92 Å². The van der Waals surface area contributed by atoms with E-state index in [9.17, 15) is 4.79 Å². The average molecular weight is 244 g/mol. The third-order valence-corrected chi connectivity index (χ3v) is 2.72. The molecule has 3 N–H and O–H groups in total. The summed E-state index contributed by atoms with van der Waals surface area (Å²) >= 11 is 0. The van der Waals surface area contributed by atoms with Crippen molar-refractivity contribution in [3.05, 3.63) is 35.7 Å². The lowest BCUT2D eigenvalue weighted by atomic mass is 10.1. The van der Waals surface area contributed by atoms with Crippen LogP contribution in [0, 0.1) is 6.92 Å². The third kappa shape index (κ3) is 2.34. The highest BCUT2D eigenvalue weighted by Crippen LogP contribution is 2.23. The second kappa shape index (κ2) is 4.52. The maximum atomic E-state index is 11.3. The average Bonchev–Trinajstić information content (AvgIpc) is 2.57. The van der Waals surface area contributed by atoms with Crippen molar-refractivity contribution >= 4 is 22.8 Å². The van der Waals surface area contributed by atoms with Crippen molar-refractivity contribution in [1.82, 2.24) is 9.78 Å². The Balaban J connectivity index is 2.28. The molecule has 0 bridgehead atoms. The largest absolute Gasteiger partial charge is 0.398 e. The molecule has 0 aliphatic rings. The molecule has 94 valence electrons. The van der Waals surface area contributed by atoms with E-state index < -0.39 is 0 Å². The third-order valence-electron chi connectivity index (χ3n) is 2.72. The van der Waals surface area contributed by atoms with Gasteiger partial charge in [-0.25, -0.2) is 0 Å². The van der Waals surface area contributed by atoms with Gasteiger partial charge in [0, 0.05) is 30.2 Å². The fourth-order valence-corrected chi connectivity index (χ4v) is 1.84. The van der Waals surface area contributed by atoms with Crippen molar-refractivity contribution in [1.29, 1.82) is 0 Å². The number of nitrogens with two attached hydrogens (primary N) is 1. The molecule has 0 saturated carbocycles. The molecule has 0 amide bonds. The number of rotatable bonds is 3. The lowest BCUT2D eigenvalue weighted by molar-refractivity contribution is 0.101. The Morgan fingerprint density at radius 2 is 2.17 bits per heavy atom. The second-order valence-corrected chi connectivity index (χ2v) is 4.29. The van der Waals surface area contributed by atoms with Crippen LogP contribution in [0.2, 0.25) is 0 Å². The van der Waals surface area contributed by atoms with Crippen LogP contribution in [0.1, 0.15) is 23.0 Å². The summed E-state index contributed by atoms with van der Waals surface area (Å²) in [6.45, 7) is 3.43. The van der Waals surface area contributed by atoms with Crippen molar-refractivity contribution in [2.24, 2.45) is 7.05 Å². The first-order valence-electron chi connectivity index (χ1n) is 5.65. The Kier molecular flexibility index (Phi) is 3.06. The topological polar surface area (TPSA) is 72.9 Å². The predicted molar refractivity (Wildman–Crippen MR) is 72.1 cm³/mol. The summed E-state index contributed by atoms with van der Waals surface area (Å²) in [4.78, 5) is 11.3. The van der Waals surface area contributed by atoms with Gasteiger partial charge in [-0.15, -0.1) is 0 Å². The molecule has 0 saturated heterocycles. The summed E-state index contributed by atoms with van der Waals surface area (Å²) in [5, 5.41) is 7.47. The molecule has 0 spiro atoms. The first kappa shape index (κ1) is 12.2. The van der Waals surface area contributed by atoms with E-state index >= 15 is 0 Å². The van der Waals surface area contributed by atoms with Crippen molar-refractivity contribution < 1.29 is 4.79 Å². The smallest absolute Gasteiger partial charge is 0.161 e. The molecule has 1 aromatic carbocycles. The molecule has 1 heterocycles. The van der Waals surface area contributed by atoms with Gasteiger partial charge in [-0.1, -0.05) is 0 Å². The van der Waals surface area contributed by atoms with E-state index in [4.69, 9.17) is 5.73 Å². The number of hydrogen-bond donors (Lipinski definition) is 2. The van der Waals surface area contributed by atoms with Crippen LogP contribution in [-0.4, -0.2) is 15.6 Å². The van der Waals surface area contributed by atoms with Gasteiger partial charge in [-0.2, -0.15) is 5.10 Å². The van der Waals surface area contributed by atoms with Crippen LogP contribution in [-0.2, 0) is 7.05 Å². The Bertz CT molecular complexity index is 601. The standard InChI is InChI=1S/C13H16N4O/c1-8-13(7-17(3)16-8)15-10-4-5-11(9(2)18)12(14)6-10/h4-7,15H,14H2,1-3H3. The van der Waals surface area contributed by atoms with Crippen LogP contribution in [0.4, 0.5) is 17.1 Å². The summed E-state index contributed by atoms with van der Waals surface area (Å²) in [5.41, 5.74) is 9.54. The minimum atomic E-state index is -0.0309. The maximum Gasteiger partial charge on any atom is 0.161 e. The van der Waals surface area contributed by atoms with Gasteiger partial charge in [-0.05, 0) is 32.0 Å². The van der Waals surface area contributed by atoms with Gasteiger partial charge >= 0.3 is 0 Å². The molecule has 5 heteroatoms. The van der Waals surface area contributed by atoms with Crippen LogP contribution in [0.15, 0.2) is 24.4 Å². The molecular weight excluding hydrogens is 228 g/mol. The Labute approximate surface area is 106 Å². The zero-order valence-corrected chi connectivity index (χ0v) is 10.7. The number of aryl methyl sites for hydroxylation is 2. The molecule has 1 aromatic heterocycles. The normalized spacial score (nSPS) is 10.4. The summed E-state index contributed by atoms with van der Waals surface area (Å²) in [7, 11) is 1.87. The van der Waals surface area contributed by atoms with Crippen molar-refractivity contribution in [3.63, 3.8) is 0 Å². The van der Waals surface area contributed by atoms with Gasteiger partial charge in [0.15, 0.2) is 5.78 Å². The van der Waals surface area contributed by atoms with E-state index in [2.05, 4.69) is 10.4 Å². The maximum absolute atomic E-state index is 11.3. The number of benzene rings is 1. The van der Waals surface area contributed by atoms with Gasteiger partial charge < -0.3 is 11.1 Å². The number of Topliss-reactive ketones (excluding diaryl/α,β-unsaturated/α-hetero) is 1. The zero-order valence-electron chi connectivity index (χ0n) is 10.7. The molecule has 0 radical (unpaired) electrons. The van der Waals surface area contributed by atoms with E-state index in [1.54, 1.807) is 16.8 Å². The lowest BCUT2D eigenvalue weighted by Gasteiger charge is -2.08. The van der Waals surface area contributed by atoms with Gasteiger partial charge in [-0.3, -0.25) is 9.48 Å². The molecular formula is C13H16N4O. The fourth-order valence-electron chi connectivity index (χ4n) is 1.84. The first-order chi connectivity index (χ1) is 8.47. The number of ketones is 1. The summed E-state index contributed by atoms with van der Waals surface area (Å²) in [5.74, 6) is -0.0309. The monoisotopic (exact) mass is 244 g/mol. The molecule has 0 unspecified atom stereocenters. The number of aromatic nitrogens is 2. The number of nitrogens with zero attached hydrogens (tertiary/aromatic N) is 2. The molecule has 0 atom stereocenters. The van der Waals surface area contributed by atoms with E-state index in [0.717, 1.165) is 17.1 Å². The number of hydrogen-bond acceptors (Lipinski definition) is 4. The number of carbonyl (C=O) groups excluding carboxylic acids is 1. The van der Waals surface area contributed by atoms with Crippen molar-refractivity contribution in [2.45, 2.75) is 13.8 Å². The number of anilines is 3. The SMILES string of the molecule is CC(=O)c1ccc(Nc2cn(C)nc2C)cc1N. The molecule has 0 aliphatic heterocycles. The highest BCUT2D eigenvalue weighted by atomic mass is 16.1. The summed E-state index contributed by atoms with van der Waals surface area (Å²) < 4.78 is 1.74. The molecule has 0 aliphatic carbocycles. The summed E-state index contributed by atoms with van der Waals surface area (Å²) in [6.07, 6.45) is 1.89. The Morgan fingerprint density at radius 1 is 1.44 bits per heavy atom. The van der Waals surface area contributed by atoms with Crippen LogP contribution in [0.25, 0.3) is 0 Å². The molecule has 5 nitrogen and oxygen atoms in total. The lowest BCUT2D eigenvalue weighted by Crippen LogP contribution is -2.00. The van der Waals surface area contributed by atoms with Crippen LogP contribution < -0.4 is 11.1 Å². The van der Waals surface area contributed by atoms with Gasteiger partial charge in [0.2, 0.25) is 0 Å². The van der Waals surface area contributed by atoms with Crippen LogP contribution in [0.3, 0.4) is 0 Å². The second-order valence-electron chi connectivity index (χ2n) is 4.29. The minimum absolute atomic E-state index is 0.0309. The van der Waals surface area contributed by atoms with Gasteiger partial charge in [0.25, 0.3) is 0 Å². The Hall–Kier alpha value is -2.30. The number of nitrogens with one attached hydrogen (secondary N) is 1. The van der Waals surface area contributed by atoms with Crippen LogP contribution in [0.5, 0.6) is 0 Å². The molecule has 2 aromatic rings. The predicted octanol–water partition coefficient (Wildman–Crippen LogP) is 2.26. The first-order valence-corrected chi connectivity index (χ1v) is 5.65. The highest BCUT2D eigenvalue weighted by Gasteiger charge is 2.07. The highest BCUT2D eigenvalue weighted by molar-refractivity contribution is 5.99. The van der Waals surface area contributed by atoms with Crippen LogP contribution >= 0.6 is 0 Å². The number of carbonyl (C=O) groups is 1. The molecule has 18 heavy (non-hydrogen) atoms. The minimum Gasteiger partial charge on any atom is -0.398 e. The van der Waals surface area contributed by atoms with Crippen molar-refractivity contribution in [2.75, 3.05) is 11.1 Å². The fraction of sp³-hybridized carbons (Fsp3) is 0.231. The quantitative estimate of drug-likeness (QED) is 0.641. The Morgan fingerprint density at radius 3 is 2.67 bits per heavy atom. The summed E-state index contributed by atoms with van der Waals surface area (Å²) in [6, 6.07) is 5.31. The number of nitrogen functional groups attached to an aromatic ring is 1. The molecule has 2 rings (SSSR count). The van der Waals surface area contributed by atoms with Gasteiger partial charge in [0.1, 0.15) is 0 Å². The van der Waals surface area contributed by atoms with Gasteiger partial charge in [0.05, 0.1) is 11.4 Å². The van der Waals surface area contributed by atoms with Crippen molar-refractivity contribution in [3.8, 4) is 0 Å². The van der Waals surface area contributed by atoms with E-state index in [0.29, 0.717) is 11.3 Å². The van der Waals surface area contributed by atoms with E-state index in [-0.39, 0.29) is 5.78 Å². The zero-order chi connectivity index (χ0) is 13.3.